The van der Waals surface area contributed by atoms with Gasteiger partial charge in [0, 0.05) is 29.7 Å². The van der Waals surface area contributed by atoms with Crippen LogP contribution in [0.1, 0.15) is 63.8 Å². The predicted molar refractivity (Wildman–Crippen MR) is 129 cm³/mol. The molecule has 0 amide bonds. The van der Waals surface area contributed by atoms with Crippen molar-refractivity contribution in [1.82, 2.24) is 0 Å². The van der Waals surface area contributed by atoms with Crippen LogP contribution >= 0.6 is 27.2 Å². The number of aliphatic imine (C=N–C) groups is 1. The fourth-order valence-corrected chi connectivity index (χ4v) is 4.14. The third-order valence-electron chi connectivity index (χ3n) is 4.53. The van der Waals surface area contributed by atoms with Crippen LogP contribution in [0.5, 0.6) is 5.75 Å². The summed E-state index contributed by atoms with van der Waals surface area (Å²) in [5.74, 6) is 0.434. The molecule has 0 radical (unpaired) electrons. The number of hydrogen-bond acceptors (Lipinski definition) is 2. The molecule has 0 spiro atoms. The monoisotopic (exact) mass is 487 g/mol. The summed E-state index contributed by atoms with van der Waals surface area (Å²) in [7, 11) is 12.0. The van der Waals surface area contributed by atoms with Gasteiger partial charge in [-0.25, -0.2) is 0 Å². The van der Waals surface area contributed by atoms with E-state index in [2.05, 4.69) is 83.8 Å². The molecular formula is C23H32Cl2NOPTi. The van der Waals surface area contributed by atoms with Gasteiger partial charge < -0.3 is 5.11 Å². The Hall–Kier alpha value is -0.366. The minimum atomic E-state index is -0.556. The Morgan fingerprint density at radius 1 is 0.966 bits per heavy atom. The van der Waals surface area contributed by atoms with Crippen LogP contribution in [-0.4, -0.2) is 18.4 Å². The van der Waals surface area contributed by atoms with Gasteiger partial charge in [0.15, 0.2) is 0 Å². The molecule has 158 valence electrons. The Morgan fingerprint density at radius 3 is 2.03 bits per heavy atom. The van der Waals surface area contributed by atoms with Gasteiger partial charge in [-0.05, 0) is 40.8 Å². The average Bonchev–Trinajstić information content (AvgIpc) is 2.57. The number of phenols is 1. The Labute approximate surface area is 195 Å². The Balaban J connectivity index is 0.00000132. The van der Waals surface area contributed by atoms with E-state index in [1.165, 1.54) is 16.4 Å². The van der Waals surface area contributed by atoms with Crippen LogP contribution in [0.4, 0.5) is 0 Å². The number of halogens is 2. The van der Waals surface area contributed by atoms with Gasteiger partial charge in [-0.2, -0.15) is 0 Å². The molecule has 1 unspecified atom stereocenters. The number of nitrogens with zero attached hydrogens (tertiary/aromatic N) is 1. The first-order valence-electron chi connectivity index (χ1n) is 9.49. The molecule has 0 saturated carbocycles. The molecule has 0 heterocycles. The van der Waals surface area contributed by atoms with Crippen LogP contribution in [0.2, 0.25) is 0 Å². The van der Waals surface area contributed by atoms with Crippen molar-refractivity contribution in [2.45, 2.75) is 59.3 Å². The van der Waals surface area contributed by atoms with E-state index in [0.29, 0.717) is 14.3 Å². The van der Waals surface area contributed by atoms with Gasteiger partial charge in [0.2, 0.25) is 0 Å². The zero-order valence-electron chi connectivity index (χ0n) is 18.6. The van der Waals surface area contributed by atoms with Crippen molar-refractivity contribution in [2.75, 3.05) is 7.05 Å². The summed E-state index contributed by atoms with van der Waals surface area (Å²) >= 11 is -0.556. The number of hydrogen-bond donors (Lipinski definition) is 1. The second-order valence-electron chi connectivity index (χ2n) is 9.09. The van der Waals surface area contributed by atoms with Crippen molar-refractivity contribution in [3.8, 4) is 5.75 Å². The minimum absolute atomic E-state index is 0.0356. The first-order chi connectivity index (χ1) is 13.3. The van der Waals surface area contributed by atoms with Gasteiger partial charge in [-0.3, -0.25) is 4.99 Å². The normalized spacial score (nSPS) is 12.3. The van der Waals surface area contributed by atoms with Gasteiger partial charge >= 0.3 is 35.6 Å². The van der Waals surface area contributed by atoms with Gasteiger partial charge in [0.1, 0.15) is 5.75 Å². The molecule has 0 aliphatic heterocycles. The third kappa shape index (κ3) is 8.00. The summed E-state index contributed by atoms with van der Waals surface area (Å²) in [6.45, 7) is 15.2. The second-order valence-corrected chi connectivity index (χ2v) is 13.0. The van der Waals surface area contributed by atoms with Crippen LogP contribution in [0, 0.1) is 6.92 Å². The Morgan fingerprint density at radius 2 is 1.55 bits per heavy atom. The topological polar surface area (TPSA) is 32.6 Å². The fourth-order valence-electron chi connectivity index (χ4n) is 2.92. The third-order valence-corrected chi connectivity index (χ3v) is 5.90. The van der Waals surface area contributed by atoms with Crippen LogP contribution in [0.25, 0.3) is 0 Å². The standard InChI is InChI=1S/C23H32NOP.2ClH.Ti/c1-15-9-10-19(16(11-15)14-24-8)26-20-13-17(22(2,3)4)12-18(21(20)25)23(5,6)7;;;/h9-14,25-26H,1-8H3;2*1H;/q;;;+2/p-2. The molecule has 0 aliphatic rings. The molecular weight excluding hydrogens is 456 g/mol. The van der Waals surface area contributed by atoms with Crippen LogP contribution in [0.15, 0.2) is 35.3 Å². The number of aryl methyl sites for hydroxylation is 1. The Kier molecular flexibility index (Phi) is 10.4. The molecule has 1 N–H and O–H groups in total. The van der Waals surface area contributed by atoms with E-state index in [4.69, 9.17) is 18.6 Å². The molecule has 0 saturated heterocycles. The first kappa shape index (κ1) is 26.7. The van der Waals surface area contributed by atoms with Crippen molar-refractivity contribution < 1.29 is 22.1 Å². The van der Waals surface area contributed by atoms with Crippen molar-refractivity contribution in [2.24, 2.45) is 4.99 Å². The van der Waals surface area contributed by atoms with Crippen molar-refractivity contribution in [1.29, 1.82) is 0 Å². The van der Waals surface area contributed by atoms with E-state index in [-0.39, 0.29) is 10.8 Å². The summed E-state index contributed by atoms with van der Waals surface area (Å²) in [6, 6.07) is 10.8. The van der Waals surface area contributed by atoms with Crippen LogP contribution < -0.4 is 10.6 Å². The maximum absolute atomic E-state index is 11.0. The quantitative estimate of drug-likeness (QED) is 0.305. The molecule has 2 rings (SSSR count). The maximum atomic E-state index is 11.0. The number of phenolic OH excluding ortho intramolecular Hbond substituents is 1. The van der Waals surface area contributed by atoms with Crippen LogP contribution in [-0.2, 0) is 27.9 Å². The summed E-state index contributed by atoms with van der Waals surface area (Å²) in [4.78, 5) is 4.20. The van der Waals surface area contributed by atoms with Crippen molar-refractivity contribution in [3.63, 3.8) is 0 Å². The molecule has 6 heteroatoms. The molecule has 1 atom stereocenters. The van der Waals surface area contributed by atoms with Gasteiger partial charge in [-0.15, -0.1) is 0 Å². The molecule has 0 aromatic heterocycles. The van der Waals surface area contributed by atoms with E-state index < -0.39 is 17.0 Å². The van der Waals surface area contributed by atoms with Crippen molar-refractivity contribution >= 4 is 44.0 Å². The number of aromatic hydroxyl groups is 1. The fraction of sp³-hybridized carbons (Fsp3) is 0.435. The van der Waals surface area contributed by atoms with E-state index in [0.717, 1.165) is 16.4 Å². The summed E-state index contributed by atoms with van der Waals surface area (Å²) in [6.07, 6.45) is 1.91. The molecule has 29 heavy (non-hydrogen) atoms. The summed E-state index contributed by atoms with van der Waals surface area (Å²) < 4.78 is 0. The zero-order valence-corrected chi connectivity index (χ0v) is 22.7. The number of benzene rings is 2. The SMILES string of the molecule is CN=Cc1cc(C)ccc1Pc1cc(C(C)(C)C)cc(C(C)(C)C)c1O.[Cl][Ti][Cl]. The van der Waals surface area contributed by atoms with E-state index in [1.54, 1.807) is 7.05 Å². The molecule has 2 aromatic rings. The number of rotatable bonds is 3. The van der Waals surface area contributed by atoms with Gasteiger partial charge in [0.05, 0.1) is 0 Å². The first-order valence-corrected chi connectivity index (χ1v) is 14.8. The average molecular weight is 488 g/mol. The van der Waals surface area contributed by atoms with Crippen LogP contribution in [0.3, 0.4) is 0 Å². The molecule has 0 aliphatic carbocycles. The van der Waals surface area contributed by atoms with E-state index in [9.17, 15) is 5.11 Å². The predicted octanol–water partition coefficient (Wildman–Crippen LogP) is 6.35. The molecule has 0 fully saturated rings. The zero-order chi connectivity index (χ0) is 22.4. The summed E-state index contributed by atoms with van der Waals surface area (Å²) in [5.41, 5.74) is 4.56. The Bertz CT molecular complexity index is 855. The van der Waals surface area contributed by atoms with Gasteiger partial charge in [0.25, 0.3) is 0 Å². The van der Waals surface area contributed by atoms with E-state index in [1.807, 2.05) is 6.21 Å². The second kappa shape index (κ2) is 11.3. The molecule has 2 aromatic carbocycles. The van der Waals surface area contributed by atoms with Gasteiger partial charge in [-0.1, -0.05) is 73.9 Å². The van der Waals surface area contributed by atoms with E-state index >= 15 is 0 Å². The summed E-state index contributed by atoms with van der Waals surface area (Å²) in [5, 5.41) is 13.2. The molecule has 0 bridgehead atoms. The molecule has 2 nitrogen and oxygen atoms in total. The van der Waals surface area contributed by atoms with Crippen molar-refractivity contribution in [3.05, 3.63) is 52.6 Å².